The summed E-state index contributed by atoms with van der Waals surface area (Å²) in [6.07, 6.45) is 4.23. The largest absolute Gasteiger partial charge is 0.464 e. The topological polar surface area (TPSA) is 26.0 Å². The van der Waals surface area contributed by atoms with Crippen LogP contribution in [0.2, 0.25) is 0 Å². The molecule has 0 saturated heterocycles. The number of fused-ring (bicyclic) bond motifs is 1. The van der Waals surface area contributed by atoms with Gasteiger partial charge >= 0.3 is 0 Å². The quantitative estimate of drug-likeness (QED) is 0.652. The smallest absolute Gasteiger partial charge is 0.134 e. The number of furan rings is 1. The van der Waals surface area contributed by atoms with Crippen molar-refractivity contribution in [3.8, 4) is 0 Å². The predicted molar refractivity (Wildman–Crippen MR) is 72.7 cm³/mol. The molecule has 1 atom stereocenters. The van der Waals surface area contributed by atoms with Crippen LogP contribution in [0, 0.1) is 0 Å². The molecule has 0 amide bonds. The van der Waals surface area contributed by atoms with Gasteiger partial charge in [0.05, 0.1) is 11.6 Å². The van der Waals surface area contributed by atoms with E-state index in [1.807, 2.05) is 42.5 Å². The van der Waals surface area contributed by atoms with E-state index in [0.29, 0.717) is 6.42 Å². The van der Waals surface area contributed by atoms with Gasteiger partial charge in [-0.25, -0.2) is 0 Å². The highest BCUT2D eigenvalue weighted by atomic mass is 35.5. The fourth-order valence-electron chi connectivity index (χ4n) is 2.05. The Bertz CT molecular complexity index is 648. The van der Waals surface area contributed by atoms with Crippen LogP contribution in [-0.4, -0.2) is 4.98 Å². The van der Waals surface area contributed by atoms with Crippen LogP contribution >= 0.6 is 11.6 Å². The lowest BCUT2D eigenvalue weighted by Gasteiger charge is -2.06. The maximum Gasteiger partial charge on any atom is 0.134 e. The molecule has 3 aromatic rings. The van der Waals surface area contributed by atoms with Gasteiger partial charge in [-0.1, -0.05) is 24.3 Å². The average molecular weight is 258 g/mol. The SMILES string of the molecule is ClC(Cc1ccccn1)c1coc2ccccc12. The van der Waals surface area contributed by atoms with Gasteiger partial charge in [-0.15, -0.1) is 11.6 Å². The van der Waals surface area contributed by atoms with E-state index in [-0.39, 0.29) is 5.38 Å². The summed E-state index contributed by atoms with van der Waals surface area (Å²) >= 11 is 6.46. The van der Waals surface area contributed by atoms with Crippen molar-refractivity contribution in [3.05, 3.63) is 66.2 Å². The third-order valence-electron chi connectivity index (χ3n) is 2.96. The van der Waals surface area contributed by atoms with Crippen molar-refractivity contribution in [2.24, 2.45) is 0 Å². The van der Waals surface area contributed by atoms with Gasteiger partial charge in [0.1, 0.15) is 5.58 Å². The van der Waals surface area contributed by atoms with Crippen LogP contribution in [0.5, 0.6) is 0 Å². The Morgan fingerprint density at radius 3 is 2.78 bits per heavy atom. The Balaban J connectivity index is 1.90. The van der Waals surface area contributed by atoms with Crippen molar-refractivity contribution in [2.75, 3.05) is 0 Å². The Morgan fingerprint density at radius 2 is 1.94 bits per heavy atom. The Labute approximate surface area is 110 Å². The number of rotatable bonds is 3. The van der Waals surface area contributed by atoms with Crippen LogP contribution in [0.3, 0.4) is 0 Å². The first-order valence-electron chi connectivity index (χ1n) is 5.85. The van der Waals surface area contributed by atoms with E-state index >= 15 is 0 Å². The van der Waals surface area contributed by atoms with Crippen molar-refractivity contribution in [3.63, 3.8) is 0 Å². The second-order valence-corrected chi connectivity index (χ2v) is 4.71. The van der Waals surface area contributed by atoms with Gasteiger partial charge in [0.15, 0.2) is 0 Å². The maximum absolute atomic E-state index is 6.46. The van der Waals surface area contributed by atoms with Gasteiger partial charge in [0, 0.05) is 29.3 Å². The van der Waals surface area contributed by atoms with E-state index in [0.717, 1.165) is 22.2 Å². The number of alkyl halides is 1. The molecular formula is C15H12ClNO. The molecule has 0 N–H and O–H groups in total. The summed E-state index contributed by atoms with van der Waals surface area (Å²) in [4.78, 5) is 4.29. The molecule has 2 aromatic heterocycles. The number of aromatic nitrogens is 1. The lowest BCUT2D eigenvalue weighted by atomic mass is 10.1. The molecular weight excluding hydrogens is 246 g/mol. The molecule has 3 rings (SSSR count). The zero-order valence-electron chi connectivity index (χ0n) is 9.71. The number of para-hydroxylation sites is 1. The van der Waals surface area contributed by atoms with Gasteiger partial charge in [-0.05, 0) is 18.2 Å². The van der Waals surface area contributed by atoms with Gasteiger partial charge < -0.3 is 4.42 Å². The average Bonchev–Trinajstić information content (AvgIpc) is 2.84. The van der Waals surface area contributed by atoms with Crippen LogP contribution < -0.4 is 0 Å². The second kappa shape index (κ2) is 4.83. The standard InChI is InChI=1S/C15H12ClNO/c16-14(9-11-5-3-4-8-17-11)13-10-18-15-7-2-1-6-12(13)15/h1-8,10,14H,9H2. The van der Waals surface area contributed by atoms with E-state index in [1.54, 1.807) is 12.5 Å². The van der Waals surface area contributed by atoms with Crippen LogP contribution in [0.15, 0.2) is 59.3 Å². The molecule has 0 fully saturated rings. The molecule has 0 radical (unpaired) electrons. The lowest BCUT2D eigenvalue weighted by molar-refractivity contribution is 0.609. The van der Waals surface area contributed by atoms with Crippen molar-refractivity contribution in [2.45, 2.75) is 11.8 Å². The molecule has 3 heteroatoms. The molecule has 0 bridgehead atoms. The Kier molecular flexibility index (Phi) is 3.03. The van der Waals surface area contributed by atoms with Crippen molar-refractivity contribution < 1.29 is 4.42 Å². The summed E-state index contributed by atoms with van der Waals surface area (Å²) in [7, 11) is 0. The van der Waals surface area contributed by atoms with Crippen molar-refractivity contribution in [1.29, 1.82) is 0 Å². The van der Waals surface area contributed by atoms with E-state index in [9.17, 15) is 0 Å². The van der Waals surface area contributed by atoms with Crippen LogP contribution in [0.1, 0.15) is 16.6 Å². The highest BCUT2D eigenvalue weighted by Gasteiger charge is 2.15. The first-order chi connectivity index (χ1) is 8.84. The number of pyridine rings is 1. The summed E-state index contributed by atoms with van der Waals surface area (Å²) in [5, 5.41) is 0.956. The monoisotopic (exact) mass is 257 g/mol. The molecule has 1 aromatic carbocycles. The fourth-order valence-corrected chi connectivity index (χ4v) is 2.38. The van der Waals surface area contributed by atoms with E-state index in [4.69, 9.17) is 16.0 Å². The normalized spacial score (nSPS) is 12.7. The van der Waals surface area contributed by atoms with Crippen LogP contribution in [0.25, 0.3) is 11.0 Å². The fraction of sp³-hybridized carbons (Fsp3) is 0.133. The number of halogens is 1. The molecule has 0 spiro atoms. The molecule has 18 heavy (non-hydrogen) atoms. The predicted octanol–water partition coefficient (Wildman–Crippen LogP) is 4.35. The molecule has 0 saturated carbocycles. The molecule has 0 aliphatic carbocycles. The summed E-state index contributed by atoms with van der Waals surface area (Å²) in [6.45, 7) is 0. The minimum absolute atomic E-state index is 0.122. The molecule has 0 aliphatic heterocycles. The van der Waals surface area contributed by atoms with Gasteiger partial charge in [0.2, 0.25) is 0 Å². The number of hydrogen-bond donors (Lipinski definition) is 0. The summed E-state index contributed by atoms with van der Waals surface area (Å²) in [5.74, 6) is 0. The highest BCUT2D eigenvalue weighted by Crippen LogP contribution is 2.32. The third-order valence-corrected chi connectivity index (χ3v) is 3.35. The molecule has 90 valence electrons. The molecule has 2 heterocycles. The van der Waals surface area contributed by atoms with E-state index in [2.05, 4.69) is 4.98 Å². The van der Waals surface area contributed by atoms with Crippen molar-refractivity contribution in [1.82, 2.24) is 4.98 Å². The molecule has 0 aliphatic rings. The van der Waals surface area contributed by atoms with Crippen molar-refractivity contribution >= 4 is 22.6 Å². The summed E-state index contributed by atoms with van der Waals surface area (Å²) in [6, 6.07) is 13.8. The minimum atomic E-state index is -0.122. The first kappa shape index (κ1) is 11.3. The molecule has 2 nitrogen and oxygen atoms in total. The maximum atomic E-state index is 6.46. The molecule has 1 unspecified atom stereocenters. The Morgan fingerprint density at radius 1 is 1.11 bits per heavy atom. The zero-order chi connectivity index (χ0) is 12.4. The summed E-state index contributed by atoms with van der Waals surface area (Å²) in [5.41, 5.74) is 2.89. The van der Waals surface area contributed by atoms with Crippen LogP contribution in [0.4, 0.5) is 0 Å². The minimum Gasteiger partial charge on any atom is -0.464 e. The lowest BCUT2D eigenvalue weighted by Crippen LogP contribution is -1.96. The number of benzene rings is 1. The first-order valence-corrected chi connectivity index (χ1v) is 6.28. The highest BCUT2D eigenvalue weighted by molar-refractivity contribution is 6.21. The second-order valence-electron chi connectivity index (χ2n) is 4.18. The Hall–Kier alpha value is -1.80. The van der Waals surface area contributed by atoms with Gasteiger partial charge in [-0.2, -0.15) is 0 Å². The third kappa shape index (κ3) is 2.12. The number of hydrogen-bond acceptors (Lipinski definition) is 2. The van der Waals surface area contributed by atoms with Gasteiger partial charge in [-0.3, -0.25) is 4.98 Å². The van der Waals surface area contributed by atoms with E-state index < -0.39 is 0 Å². The van der Waals surface area contributed by atoms with Crippen LogP contribution in [-0.2, 0) is 6.42 Å². The summed E-state index contributed by atoms with van der Waals surface area (Å²) < 4.78 is 5.50. The van der Waals surface area contributed by atoms with E-state index in [1.165, 1.54) is 0 Å². The van der Waals surface area contributed by atoms with Gasteiger partial charge in [0.25, 0.3) is 0 Å². The zero-order valence-corrected chi connectivity index (χ0v) is 10.5. The number of nitrogens with zero attached hydrogens (tertiary/aromatic N) is 1.